The van der Waals surface area contributed by atoms with Gasteiger partial charge in [-0.25, -0.2) is 0 Å². The predicted molar refractivity (Wildman–Crippen MR) is 121 cm³/mol. The molecular weight excluding hydrogens is 338 g/mol. The summed E-state index contributed by atoms with van der Waals surface area (Å²) in [6, 6.07) is 0. The van der Waals surface area contributed by atoms with E-state index in [-0.39, 0.29) is 12.5 Å². The largest absolute Gasteiger partial charge is 0.494 e. The lowest BCUT2D eigenvalue weighted by molar-refractivity contribution is -0.120. The van der Waals surface area contributed by atoms with Crippen molar-refractivity contribution in [2.75, 3.05) is 20.3 Å². The minimum atomic E-state index is 0.0446. The number of aliphatic hydroxyl groups is 1. The van der Waals surface area contributed by atoms with E-state index in [2.05, 4.69) is 31.6 Å². The van der Waals surface area contributed by atoms with Crippen LogP contribution in [-0.4, -0.2) is 31.3 Å². The first-order chi connectivity index (χ1) is 13.0. The molecule has 0 aromatic carbocycles. The average Bonchev–Trinajstić information content (AvgIpc) is 2.72. The molecule has 0 aliphatic carbocycles. The summed E-state index contributed by atoms with van der Waals surface area (Å²) < 4.78 is 5.10. The van der Waals surface area contributed by atoms with Crippen LogP contribution in [0.4, 0.5) is 0 Å². The Kier molecular flexibility index (Phi) is 37.7. The minimum absolute atomic E-state index is 0.0446. The van der Waals surface area contributed by atoms with Gasteiger partial charge < -0.3 is 15.2 Å². The van der Waals surface area contributed by atoms with E-state index in [1.54, 1.807) is 31.4 Å². The summed E-state index contributed by atoms with van der Waals surface area (Å²) in [6.45, 7) is 23.1. The molecule has 4 heteroatoms. The molecule has 0 saturated heterocycles. The molecule has 0 unspecified atom stereocenters. The summed E-state index contributed by atoms with van der Waals surface area (Å²) in [6.07, 6.45) is 12.3. The molecule has 0 radical (unpaired) electrons. The van der Waals surface area contributed by atoms with E-state index in [1.165, 1.54) is 0 Å². The molecular formula is C23H41NO3. The number of ether oxygens (including phenoxy) is 1. The van der Waals surface area contributed by atoms with Gasteiger partial charge >= 0.3 is 0 Å². The van der Waals surface area contributed by atoms with Gasteiger partial charge in [0.25, 0.3) is 0 Å². The van der Waals surface area contributed by atoms with Gasteiger partial charge in [0.1, 0.15) is 5.76 Å². The molecule has 4 nitrogen and oxygen atoms in total. The maximum atomic E-state index is 10.8. The average molecular weight is 380 g/mol. The molecule has 0 saturated carbocycles. The molecule has 1 amide bonds. The molecule has 0 aliphatic rings. The van der Waals surface area contributed by atoms with Crippen molar-refractivity contribution in [2.45, 2.75) is 47.0 Å². The molecule has 2 N–H and O–H groups in total. The molecule has 0 fully saturated rings. The van der Waals surface area contributed by atoms with Crippen molar-refractivity contribution in [1.82, 2.24) is 5.32 Å². The topological polar surface area (TPSA) is 58.6 Å². The maximum absolute atomic E-state index is 10.8. The third-order valence-electron chi connectivity index (χ3n) is 2.43. The number of carbonyl (C=O) groups is 1. The first-order valence-electron chi connectivity index (χ1n) is 9.40. The highest BCUT2D eigenvalue weighted by Crippen LogP contribution is 2.03. The lowest BCUT2D eigenvalue weighted by Gasteiger charge is -2.02. The zero-order chi connectivity index (χ0) is 21.9. The maximum Gasteiger partial charge on any atom is 0.220 e. The number of carbonyl (C=O) groups excluding carboxylic acids is 1. The quantitative estimate of drug-likeness (QED) is 0.283. The molecule has 0 aromatic heterocycles. The van der Waals surface area contributed by atoms with E-state index < -0.39 is 0 Å². The number of allylic oxidation sites excluding steroid dienone is 7. The van der Waals surface area contributed by atoms with Crippen LogP contribution in [0, 0.1) is 0 Å². The van der Waals surface area contributed by atoms with Crippen molar-refractivity contribution in [3.05, 3.63) is 74.1 Å². The van der Waals surface area contributed by atoms with E-state index in [0.717, 1.165) is 5.57 Å². The highest BCUT2D eigenvalue weighted by molar-refractivity contribution is 5.75. The van der Waals surface area contributed by atoms with Gasteiger partial charge in [-0.15, -0.1) is 0 Å². The van der Waals surface area contributed by atoms with Gasteiger partial charge in [0.15, 0.2) is 0 Å². The van der Waals surface area contributed by atoms with E-state index in [4.69, 9.17) is 9.84 Å². The first kappa shape index (κ1) is 32.4. The van der Waals surface area contributed by atoms with Gasteiger partial charge in [-0.05, 0) is 12.5 Å². The predicted octanol–water partition coefficient (Wildman–Crippen LogP) is 5.50. The fraction of sp³-hybridized carbons (Fsp3) is 0.435. The van der Waals surface area contributed by atoms with Crippen molar-refractivity contribution in [3.63, 3.8) is 0 Å². The molecule has 0 rings (SSSR count). The van der Waals surface area contributed by atoms with Crippen molar-refractivity contribution >= 4 is 5.91 Å². The third kappa shape index (κ3) is 35.6. The van der Waals surface area contributed by atoms with Crippen LogP contribution in [0.25, 0.3) is 0 Å². The second kappa shape index (κ2) is 31.4. The standard InChI is InChI=1S/C10H15NO.C9H14O2.2C2H6/c1-4-5-6-9(2)7-8-10(12)11-3;1-3-4-6-9(2)11-8-5-7-10;2*1-2/h4-6H,1-2,7-8H2,3H3,(H,11,12);3-4,6,10H,1-2,5,7-8H2;2*1-2H3/b6-5-;6-4-;;. The highest BCUT2D eigenvalue weighted by atomic mass is 16.5. The molecule has 0 atom stereocenters. The van der Waals surface area contributed by atoms with Crippen LogP contribution in [0.2, 0.25) is 0 Å². The number of nitrogens with one attached hydrogen (secondary N) is 1. The van der Waals surface area contributed by atoms with Crippen LogP contribution in [0.5, 0.6) is 0 Å². The number of amides is 1. The van der Waals surface area contributed by atoms with Crippen molar-refractivity contribution in [3.8, 4) is 0 Å². The van der Waals surface area contributed by atoms with Crippen LogP contribution in [0.15, 0.2) is 74.1 Å². The summed E-state index contributed by atoms with van der Waals surface area (Å²) in [5.41, 5.74) is 0.943. The number of hydrogen-bond donors (Lipinski definition) is 2. The van der Waals surface area contributed by atoms with E-state index >= 15 is 0 Å². The van der Waals surface area contributed by atoms with E-state index in [9.17, 15) is 4.79 Å². The monoisotopic (exact) mass is 379 g/mol. The Morgan fingerprint density at radius 3 is 1.96 bits per heavy atom. The molecule has 0 spiro atoms. The molecule has 0 aliphatic heterocycles. The van der Waals surface area contributed by atoms with Crippen LogP contribution >= 0.6 is 0 Å². The third-order valence-corrected chi connectivity index (χ3v) is 2.43. The smallest absolute Gasteiger partial charge is 0.220 e. The Labute approximate surface area is 167 Å². The summed E-state index contributed by atoms with van der Waals surface area (Å²) in [5, 5.41) is 11.0. The zero-order valence-corrected chi connectivity index (χ0v) is 18.1. The Bertz CT molecular complexity index is 435. The van der Waals surface area contributed by atoms with E-state index in [1.807, 2.05) is 39.8 Å². The van der Waals surface area contributed by atoms with Crippen LogP contribution in [0.1, 0.15) is 47.0 Å². The van der Waals surface area contributed by atoms with Crippen molar-refractivity contribution < 1.29 is 14.6 Å². The lowest BCUT2D eigenvalue weighted by Crippen LogP contribution is -2.16. The molecule has 0 heterocycles. The minimum Gasteiger partial charge on any atom is -0.494 e. The van der Waals surface area contributed by atoms with Crippen molar-refractivity contribution in [2.24, 2.45) is 0 Å². The molecule has 156 valence electrons. The first-order valence-corrected chi connectivity index (χ1v) is 9.40. The molecule has 0 bridgehead atoms. The van der Waals surface area contributed by atoms with E-state index in [0.29, 0.717) is 31.6 Å². The van der Waals surface area contributed by atoms with Crippen LogP contribution in [-0.2, 0) is 9.53 Å². The Hall–Kier alpha value is -2.33. The lowest BCUT2D eigenvalue weighted by atomic mass is 10.1. The van der Waals surface area contributed by atoms with Crippen molar-refractivity contribution in [1.29, 1.82) is 0 Å². The Morgan fingerprint density at radius 2 is 1.52 bits per heavy atom. The van der Waals surface area contributed by atoms with Gasteiger partial charge in [-0.1, -0.05) is 90.0 Å². The van der Waals surface area contributed by atoms with Crippen LogP contribution < -0.4 is 5.32 Å². The van der Waals surface area contributed by atoms with Gasteiger partial charge in [0.2, 0.25) is 5.91 Å². The van der Waals surface area contributed by atoms with Crippen LogP contribution in [0.3, 0.4) is 0 Å². The summed E-state index contributed by atoms with van der Waals surface area (Å²) in [5.74, 6) is 0.640. The van der Waals surface area contributed by atoms with Gasteiger partial charge in [0.05, 0.1) is 6.61 Å². The second-order valence-corrected chi connectivity index (χ2v) is 4.41. The fourth-order valence-electron chi connectivity index (χ4n) is 1.18. The molecule has 27 heavy (non-hydrogen) atoms. The Morgan fingerprint density at radius 1 is 1.00 bits per heavy atom. The zero-order valence-electron chi connectivity index (χ0n) is 18.1. The molecule has 0 aromatic rings. The van der Waals surface area contributed by atoms with Gasteiger partial charge in [-0.3, -0.25) is 4.79 Å². The highest BCUT2D eigenvalue weighted by Gasteiger charge is 1.96. The summed E-state index contributed by atoms with van der Waals surface area (Å²) >= 11 is 0. The number of hydrogen-bond acceptors (Lipinski definition) is 3. The Balaban J connectivity index is -0.000000165. The van der Waals surface area contributed by atoms with Gasteiger partial charge in [0, 0.05) is 26.5 Å². The summed E-state index contributed by atoms with van der Waals surface area (Å²) in [7, 11) is 1.63. The number of aliphatic hydroxyl groups excluding tert-OH is 1. The second-order valence-electron chi connectivity index (χ2n) is 4.41. The van der Waals surface area contributed by atoms with Gasteiger partial charge in [-0.2, -0.15) is 0 Å². The summed E-state index contributed by atoms with van der Waals surface area (Å²) in [4.78, 5) is 10.8. The SMILES string of the molecule is C=C/C=C\C(=C)CCC(=O)NC.C=C/C=C\C(=C)OCCCO.CC.CC. The fourth-order valence-corrected chi connectivity index (χ4v) is 1.18. The normalized spacial score (nSPS) is 8.81. The number of rotatable bonds is 11.